The summed E-state index contributed by atoms with van der Waals surface area (Å²) in [5.74, 6) is -5.49. The molecule has 8 heterocycles. The van der Waals surface area contributed by atoms with Gasteiger partial charge in [0, 0.05) is 25.8 Å². The van der Waals surface area contributed by atoms with Crippen molar-refractivity contribution in [2.75, 3.05) is 26.2 Å². The van der Waals surface area contributed by atoms with Gasteiger partial charge in [-0.1, -0.05) is 12.1 Å². The molecule has 0 radical (unpaired) electrons. The molecular formula is C35H39N9O11. The SMILES string of the molecule is O=C(O)[C@@H]1C[C@@]2(CN1)NC(=O)[C@@H]1CC[C@@]3(CN1C2=O)NC(=O)[C@@H]1CC[C@@]2(CN1C3=O)NC(=O)[C@@H]1C[C@@]3(CN1C2=O)NC(=O)[C@H](Cc1ccc(O)cc1)NC3=O. The molecule has 0 saturated carbocycles. The number of nitrogens with zero attached hydrogens (tertiary/aromatic N) is 3. The van der Waals surface area contributed by atoms with Gasteiger partial charge in [0.05, 0.1) is 19.6 Å². The van der Waals surface area contributed by atoms with Crippen LogP contribution < -0.4 is 31.9 Å². The monoisotopic (exact) mass is 761 g/mol. The summed E-state index contributed by atoms with van der Waals surface area (Å²) < 4.78 is 0. The third-order valence-electron chi connectivity index (χ3n) is 13.0. The molecule has 0 aliphatic carbocycles. The van der Waals surface area contributed by atoms with Crippen LogP contribution in [0.5, 0.6) is 5.75 Å². The predicted octanol–water partition coefficient (Wildman–Crippen LogP) is -5.08. The number of piperazine rings is 4. The molecule has 8 fully saturated rings. The second-order valence-electron chi connectivity index (χ2n) is 16.3. The number of nitrogens with one attached hydrogen (secondary N) is 6. The molecule has 8 saturated heterocycles. The number of carbonyl (C=O) groups is 9. The van der Waals surface area contributed by atoms with Crippen LogP contribution in [0.1, 0.15) is 44.1 Å². The molecule has 4 spiro atoms. The average Bonchev–Trinajstić information content (AvgIpc) is 3.76. The van der Waals surface area contributed by atoms with Gasteiger partial charge < -0.3 is 56.8 Å². The number of carboxylic acid groups (broad SMARTS) is 1. The van der Waals surface area contributed by atoms with Gasteiger partial charge in [-0.05, 0) is 43.4 Å². The summed E-state index contributed by atoms with van der Waals surface area (Å²) >= 11 is 0. The molecule has 1 aromatic rings. The fourth-order valence-electron chi connectivity index (χ4n) is 10.1. The van der Waals surface area contributed by atoms with Gasteiger partial charge in [-0.3, -0.25) is 43.2 Å². The Morgan fingerprint density at radius 1 is 0.655 bits per heavy atom. The maximum atomic E-state index is 14.6. The fourth-order valence-corrected chi connectivity index (χ4v) is 10.1. The van der Waals surface area contributed by atoms with E-state index >= 15 is 0 Å². The number of carboxylic acids is 1. The van der Waals surface area contributed by atoms with E-state index in [1.165, 1.54) is 26.8 Å². The van der Waals surface area contributed by atoms with Gasteiger partial charge in [-0.15, -0.1) is 0 Å². The van der Waals surface area contributed by atoms with Gasteiger partial charge in [0.15, 0.2) is 0 Å². The van der Waals surface area contributed by atoms with E-state index in [0.717, 1.165) is 0 Å². The van der Waals surface area contributed by atoms with E-state index in [9.17, 15) is 53.4 Å². The normalized spacial score (nSPS) is 39.4. The van der Waals surface area contributed by atoms with E-state index in [1.54, 1.807) is 12.1 Å². The molecular weight excluding hydrogens is 722 g/mol. The number of phenolic OH excluding ortho intramolecular Hbond substituents is 1. The van der Waals surface area contributed by atoms with Crippen LogP contribution in [-0.4, -0.2) is 157 Å². The van der Waals surface area contributed by atoms with Crippen molar-refractivity contribution >= 4 is 53.2 Å². The van der Waals surface area contributed by atoms with Crippen molar-refractivity contribution in [2.24, 2.45) is 0 Å². The maximum Gasteiger partial charge on any atom is 0.320 e. The van der Waals surface area contributed by atoms with Crippen molar-refractivity contribution in [3.05, 3.63) is 29.8 Å². The minimum atomic E-state index is -1.65. The topological polar surface area (TPSA) is 276 Å². The Kier molecular flexibility index (Phi) is 7.38. The molecule has 0 bridgehead atoms. The summed E-state index contributed by atoms with van der Waals surface area (Å²) in [5.41, 5.74) is -5.74. The minimum absolute atomic E-state index is 0.00175. The number of carbonyl (C=O) groups excluding carboxylic acids is 8. The van der Waals surface area contributed by atoms with Crippen molar-refractivity contribution < 1.29 is 53.4 Å². The number of amides is 8. The average molecular weight is 762 g/mol. The number of aromatic hydroxyl groups is 1. The first-order valence-corrected chi connectivity index (χ1v) is 18.3. The van der Waals surface area contributed by atoms with Crippen molar-refractivity contribution in [1.29, 1.82) is 0 Å². The zero-order chi connectivity index (χ0) is 38.8. The van der Waals surface area contributed by atoms with Crippen molar-refractivity contribution in [3.8, 4) is 5.75 Å². The summed E-state index contributed by atoms with van der Waals surface area (Å²) in [6, 6.07) is 1.17. The summed E-state index contributed by atoms with van der Waals surface area (Å²) in [5, 5.41) is 35.7. The van der Waals surface area contributed by atoms with Gasteiger partial charge >= 0.3 is 5.97 Å². The number of benzene rings is 1. The Balaban J connectivity index is 0.933. The quantitative estimate of drug-likeness (QED) is 0.144. The first-order valence-electron chi connectivity index (χ1n) is 18.3. The minimum Gasteiger partial charge on any atom is -0.508 e. The van der Waals surface area contributed by atoms with Crippen LogP contribution in [0, 0.1) is 0 Å². The molecule has 9 rings (SSSR count). The molecule has 290 valence electrons. The number of hydrogen-bond donors (Lipinski definition) is 8. The van der Waals surface area contributed by atoms with Crippen LogP contribution in [0.15, 0.2) is 24.3 Å². The third-order valence-corrected chi connectivity index (χ3v) is 13.0. The molecule has 8 aliphatic heterocycles. The predicted molar refractivity (Wildman–Crippen MR) is 181 cm³/mol. The zero-order valence-corrected chi connectivity index (χ0v) is 29.4. The molecule has 0 aromatic heterocycles. The van der Waals surface area contributed by atoms with E-state index in [-0.39, 0.29) is 76.9 Å². The highest BCUT2D eigenvalue weighted by Gasteiger charge is 2.67. The van der Waals surface area contributed by atoms with Crippen LogP contribution >= 0.6 is 0 Å². The zero-order valence-electron chi connectivity index (χ0n) is 29.4. The third kappa shape index (κ3) is 5.02. The second-order valence-corrected chi connectivity index (χ2v) is 16.3. The maximum absolute atomic E-state index is 14.6. The van der Waals surface area contributed by atoms with E-state index in [1.807, 2.05) is 0 Å². The van der Waals surface area contributed by atoms with Crippen LogP contribution in [0.4, 0.5) is 0 Å². The van der Waals surface area contributed by atoms with E-state index < -0.39 is 106 Å². The highest BCUT2D eigenvalue weighted by molar-refractivity contribution is 6.08. The van der Waals surface area contributed by atoms with E-state index in [2.05, 4.69) is 31.9 Å². The van der Waals surface area contributed by atoms with Gasteiger partial charge in [0.25, 0.3) is 17.7 Å². The van der Waals surface area contributed by atoms with Crippen LogP contribution in [-0.2, 0) is 49.6 Å². The van der Waals surface area contributed by atoms with Crippen LogP contribution in [0.2, 0.25) is 0 Å². The standard InChI is InChI=1S/C35H39N9O11/c45-17-3-1-16(2-4-17)9-18-23(46)38-35(28(52)37-18)11-22-26(49)40-33(30(54)44(22)15-35)8-5-20-24(47)39-32(29(53)42(20)13-33)7-6-21-25(48)41-34(31(55)43(21)14-32)10-19(27(50)51)36-12-34/h1-4,18-22,36,45H,5-15H2,(H,37,52)(H,38,46)(H,39,47)(H,40,49)(H,41,48)(H,50,51)/t18-,19-,20-,21-,22-,32-,33-,34-,35-/m0/s1. The highest BCUT2D eigenvalue weighted by atomic mass is 16.4. The Morgan fingerprint density at radius 3 is 1.71 bits per heavy atom. The summed E-state index contributed by atoms with van der Waals surface area (Å²) in [4.78, 5) is 126. The van der Waals surface area contributed by atoms with Crippen LogP contribution in [0.25, 0.3) is 0 Å². The molecule has 8 N–H and O–H groups in total. The van der Waals surface area contributed by atoms with Gasteiger partial charge in [-0.25, -0.2) is 0 Å². The lowest BCUT2D eigenvalue weighted by Gasteiger charge is -2.57. The molecule has 20 nitrogen and oxygen atoms in total. The Labute approximate surface area is 312 Å². The van der Waals surface area contributed by atoms with E-state index in [4.69, 9.17) is 0 Å². The molecule has 8 aliphatic rings. The van der Waals surface area contributed by atoms with Gasteiger partial charge in [0.2, 0.25) is 29.5 Å². The molecule has 0 unspecified atom stereocenters. The lowest BCUT2D eigenvalue weighted by atomic mass is 9.75. The lowest BCUT2D eigenvalue weighted by molar-refractivity contribution is -0.173. The summed E-state index contributed by atoms with van der Waals surface area (Å²) in [6.07, 6.45) is -0.196. The second kappa shape index (κ2) is 11.6. The first-order chi connectivity index (χ1) is 26.1. The Morgan fingerprint density at radius 2 is 1.15 bits per heavy atom. The smallest absolute Gasteiger partial charge is 0.320 e. The number of aliphatic carboxylic acids is 1. The Bertz CT molecular complexity index is 2010. The highest BCUT2D eigenvalue weighted by Crippen LogP contribution is 2.42. The largest absolute Gasteiger partial charge is 0.508 e. The Hall–Kier alpha value is -5.79. The molecule has 55 heavy (non-hydrogen) atoms. The van der Waals surface area contributed by atoms with Crippen molar-refractivity contribution in [2.45, 2.75) is 97.3 Å². The van der Waals surface area contributed by atoms with Gasteiger partial charge in [0.1, 0.15) is 58.1 Å². The fraction of sp³-hybridized carbons (Fsp3) is 0.571. The number of hydrogen-bond acceptors (Lipinski definition) is 11. The molecule has 1 aromatic carbocycles. The first kappa shape index (κ1) is 34.9. The van der Waals surface area contributed by atoms with E-state index in [0.29, 0.717) is 5.56 Å². The number of rotatable bonds is 3. The number of phenols is 1. The van der Waals surface area contributed by atoms with Gasteiger partial charge in [-0.2, -0.15) is 0 Å². The molecule has 9 atom stereocenters. The number of piperidine rings is 2. The summed E-state index contributed by atoms with van der Waals surface area (Å²) in [6.45, 7) is -1.15. The molecule has 8 amide bonds. The molecule has 20 heteroatoms. The number of fused-ring (bicyclic) bond motifs is 3. The van der Waals surface area contributed by atoms with Crippen LogP contribution in [0.3, 0.4) is 0 Å². The van der Waals surface area contributed by atoms with Crippen molar-refractivity contribution in [1.82, 2.24) is 46.6 Å². The van der Waals surface area contributed by atoms with Crippen molar-refractivity contribution in [3.63, 3.8) is 0 Å². The lowest BCUT2D eigenvalue weighted by Crippen LogP contribution is -2.82. The summed E-state index contributed by atoms with van der Waals surface area (Å²) in [7, 11) is 0.